The predicted octanol–water partition coefficient (Wildman–Crippen LogP) is 0.445. The van der Waals surface area contributed by atoms with Crippen molar-refractivity contribution < 1.29 is 9.59 Å². The molecule has 1 saturated heterocycles. The maximum absolute atomic E-state index is 11.5. The smallest absolute Gasteiger partial charge is 0.229 e. The number of imide groups is 1. The lowest BCUT2D eigenvalue weighted by Crippen LogP contribution is -2.42. The SMILES string of the molecule is O=C1CCCC(=O)N1CC1=CCNCC1. The Balaban J connectivity index is 1.99. The van der Waals surface area contributed by atoms with Crippen molar-refractivity contribution in [3.05, 3.63) is 11.6 Å². The van der Waals surface area contributed by atoms with E-state index in [2.05, 4.69) is 11.4 Å². The molecule has 82 valence electrons. The summed E-state index contributed by atoms with van der Waals surface area (Å²) in [6.07, 6.45) is 4.79. The minimum absolute atomic E-state index is 0.00863. The summed E-state index contributed by atoms with van der Waals surface area (Å²) in [6.45, 7) is 2.31. The molecular formula is C11H16N2O2. The van der Waals surface area contributed by atoms with Gasteiger partial charge in [-0.05, 0) is 19.4 Å². The summed E-state index contributed by atoms with van der Waals surface area (Å²) in [4.78, 5) is 24.5. The lowest BCUT2D eigenvalue weighted by atomic mass is 10.1. The van der Waals surface area contributed by atoms with Gasteiger partial charge in [0.1, 0.15) is 0 Å². The second kappa shape index (κ2) is 4.57. The maximum atomic E-state index is 11.5. The van der Waals surface area contributed by atoms with Gasteiger partial charge in [-0.1, -0.05) is 11.6 Å². The van der Waals surface area contributed by atoms with Gasteiger partial charge in [-0.2, -0.15) is 0 Å². The molecule has 0 aromatic heterocycles. The zero-order valence-electron chi connectivity index (χ0n) is 8.79. The highest BCUT2D eigenvalue weighted by Gasteiger charge is 2.26. The fourth-order valence-corrected chi connectivity index (χ4v) is 1.99. The quantitative estimate of drug-likeness (QED) is 0.529. The van der Waals surface area contributed by atoms with Crippen molar-refractivity contribution in [1.82, 2.24) is 10.2 Å². The number of nitrogens with zero attached hydrogens (tertiary/aromatic N) is 1. The number of rotatable bonds is 2. The average Bonchev–Trinajstić information content (AvgIpc) is 2.25. The van der Waals surface area contributed by atoms with Crippen LogP contribution < -0.4 is 5.32 Å². The van der Waals surface area contributed by atoms with E-state index in [-0.39, 0.29) is 11.8 Å². The summed E-state index contributed by atoms with van der Waals surface area (Å²) in [5.41, 5.74) is 1.21. The topological polar surface area (TPSA) is 49.4 Å². The molecule has 0 saturated carbocycles. The van der Waals surface area contributed by atoms with E-state index >= 15 is 0 Å². The first-order valence-electron chi connectivity index (χ1n) is 5.49. The molecule has 1 fully saturated rings. The molecular weight excluding hydrogens is 192 g/mol. The van der Waals surface area contributed by atoms with E-state index in [0.717, 1.165) is 25.9 Å². The second-order valence-corrected chi connectivity index (χ2v) is 4.04. The number of hydrogen-bond acceptors (Lipinski definition) is 3. The molecule has 1 N–H and O–H groups in total. The van der Waals surface area contributed by atoms with Gasteiger partial charge in [0.2, 0.25) is 11.8 Å². The molecule has 0 aliphatic carbocycles. The summed E-state index contributed by atoms with van der Waals surface area (Å²) in [5, 5.41) is 3.21. The highest BCUT2D eigenvalue weighted by Crippen LogP contribution is 2.15. The molecule has 0 atom stereocenters. The monoisotopic (exact) mass is 208 g/mol. The van der Waals surface area contributed by atoms with E-state index in [0.29, 0.717) is 19.4 Å². The molecule has 0 bridgehead atoms. The molecule has 2 rings (SSSR count). The van der Waals surface area contributed by atoms with Crippen LogP contribution in [0.3, 0.4) is 0 Å². The van der Waals surface area contributed by atoms with Crippen LogP contribution >= 0.6 is 0 Å². The van der Waals surface area contributed by atoms with E-state index < -0.39 is 0 Å². The Labute approximate surface area is 89.3 Å². The summed E-state index contributed by atoms with van der Waals surface area (Å²) < 4.78 is 0. The fourth-order valence-electron chi connectivity index (χ4n) is 1.99. The molecule has 0 aromatic carbocycles. The number of carbonyl (C=O) groups excluding carboxylic acids is 2. The van der Waals surface area contributed by atoms with Crippen LogP contribution in [-0.4, -0.2) is 36.3 Å². The van der Waals surface area contributed by atoms with Gasteiger partial charge < -0.3 is 5.32 Å². The van der Waals surface area contributed by atoms with E-state index in [1.165, 1.54) is 10.5 Å². The number of piperidine rings is 1. The van der Waals surface area contributed by atoms with Crippen molar-refractivity contribution in [3.63, 3.8) is 0 Å². The lowest BCUT2D eigenvalue weighted by molar-refractivity contribution is -0.147. The van der Waals surface area contributed by atoms with Crippen LogP contribution in [0.25, 0.3) is 0 Å². The largest absolute Gasteiger partial charge is 0.313 e. The van der Waals surface area contributed by atoms with Crippen molar-refractivity contribution in [1.29, 1.82) is 0 Å². The summed E-state index contributed by atoms with van der Waals surface area (Å²) >= 11 is 0. The molecule has 0 unspecified atom stereocenters. The standard InChI is InChI=1S/C11H16N2O2/c14-10-2-1-3-11(15)13(10)8-9-4-6-12-7-5-9/h4,12H,1-3,5-8H2. The molecule has 0 radical (unpaired) electrons. The van der Waals surface area contributed by atoms with Gasteiger partial charge in [0, 0.05) is 25.9 Å². The van der Waals surface area contributed by atoms with Crippen LogP contribution in [-0.2, 0) is 9.59 Å². The summed E-state index contributed by atoms with van der Waals surface area (Å²) in [7, 11) is 0. The first kappa shape index (κ1) is 10.4. The third kappa shape index (κ3) is 2.45. The second-order valence-electron chi connectivity index (χ2n) is 4.04. The molecule has 4 nitrogen and oxygen atoms in total. The van der Waals surface area contributed by atoms with E-state index in [9.17, 15) is 9.59 Å². The first-order chi connectivity index (χ1) is 7.27. The van der Waals surface area contributed by atoms with Gasteiger partial charge >= 0.3 is 0 Å². The van der Waals surface area contributed by atoms with Crippen molar-refractivity contribution in [2.45, 2.75) is 25.7 Å². The zero-order valence-corrected chi connectivity index (χ0v) is 8.79. The predicted molar refractivity (Wildman–Crippen MR) is 56.1 cm³/mol. The lowest BCUT2D eigenvalue weighted by Gasteiger charge is -2.27. The van der Waals surface area contributed by atoms with Crippen molar-refractivity contribution in [2.75, 3.05) is 19.6 Å². The third-order valence-corrected chi connectivity index (χ3v) is 2.90. The van der Waals surface area contributed by atoms with Gasteiger partial charge in [-0.25, -0.2) is 0 Å². The number of likely N-dealkylation sites (tertiary alicyclic amines) is 1. The van der Waals surface area contributed by atoms with Crippen molar-refractivity contribution >= 4 is 11.8 Å². The minimum atomic E-state index is -0.00863. The first-order valence-corrected chi connectivity index (χ1v) is 5.49. The number of nitrogens with one attached hydrogen (secondary N) is 1. The average molecular weight is 208 g/mol. The minimum Gasteiger partial charge on any atom is -0.313 e. The number of amides is 2. The molecule has 2 heterocycles. The normalized spacial score (nSPS) is 22.9. The maximum Gasteiger partial charge on any atom is 0.229 e. The van der Waals surface area contributed by atoms with Gasteiger partial charge in [0.15, 0.2) is 0 Å². The third-order valence-electron chi connectivity index (χ3n) is 2.90. The van der Waals surface area contributed by atoms with Crippen molar-refractivity contribution in [2.24, 2.45) is 0 Å². The zero-order chi connectivity index (χ0) is 10.7. The van der Waals surface area contributed by atoms with Crippen LogP contribution in [0.2, 0.25) is 0 Å². The van der Waals surface area contributed by atoms with E-state index in [1.54, 1.807) is 0 Å². The Kier molecular flexibility index (Phi) is 3.16. The van der Waals surface area contributed by atoms with E-state index in [1.807, 2.05) is 0 Å². The molecule has 15 heavy (non-hydrogen) atoms. The van der Waals surface area contributed by atoms with Gasteiger partial charge in [0.25, 0.3) is 0 Å². The molecule has 4 heteroatoms. The highest BCUT2D eigenvalue weighted by molar-refractivity contribution is 5.97. The van der Waals surface area contributed by atoms with Crippen LogP contribution in [0.4, 0.5) is 0 Å². The molecule has 2 amide bonds. The van der Waals surface area contributed by atoms with Gasteiger partial charge in [0.05, 0.1) is 0 Å². The van der Waals surface area contributed by atoms with Crippen molar-refractivity contribution in [3.8, 4) is 0 Å². The summed E-state index contributed by atoms with van der Waals surface area (Å²) in [5.74, 6) is -0.0173. The molecule has 2 aliphatic heterocycles. The fraction of sp³-hybridized carbons (Fsp3) is 0.636. The Hall–Kier alpha value is -1.16. The van der Waals surface area contributed by atoms with Gasteiger partial charge in [-0.3, -0.25) is 14.5 Å². The Bertz CT molecular complexity index is 294. The van der Waals surface area contributed by atoms with E-state index in [4.69, 9.17) is 0 Å². The molecule has 0 aromatic rings. The Morgan fingerprint density at radius 1 is 1.20 bits per heavy atom. The molecule has 0 spiro atoms. The van der Waals surface area contributed by atoms with Crippen LogP contribution in [0, 0.1) is 0 Å². The Morgan fingerprint density at radius 2 is 1.93 bits per heavy atom. The van der Waals surface area contributed by atoms with Crippen LogP contribution in [0.5, 0.6) is 0 Å². The number of carbonyl (C=O) groups is 2. The van der Waals surface area contributed by atoms with Crippen LogP contribution in [0.1, 0.15) is 25.7 Å². The summed E-state index contributed by atoms with van der Waals surface area (Å²) in [6, 6.07) is 0. The van der Waals surface area contributed by atoms with Crippen LogP contribution in [0.15, 0.2) is 11.6 Å². The number of hydrogen-bond donors (Lipinski definition) is 1. The Morgan fingerprint density at radius 3 is 2.53 bits per heavy atom. The van der Waals surface area contributed by atoms with Gasteiger partial charge in [-0.15, -0.1) is 0 Å². The molecule has 2 aliphatic rings. The highest BCUT2D eigenvalue weighted by atomic mass is 16.2.